The van der Waals surface area contributed by atoms with E-state index in [0.29, 0.717) is 17.9 Å². The molecule has 1 N–H and O–H groups in total. The number of hydrogen-bond donors (Lipinski definition) is 1. The van der Waals surface area contributed by atoms with Crippen molar-refractivity contribution < 1.29 is 19.4 Å². The van der Waals surface area contributed by atoms with Gasteiger partial charge in [0.15, 0.2) is 0 Å². The Balaban J connectivity index is 2.81. The van der Waals surface area contributed by atoms with Gasteiger partial charge in [-0.15, -0.1) is 0 Å². The van der Waals surface area contributed by atoms with Crippen LogP contribution in [0.4, 0.5) is 0 Å². The van der Waals surface area contributed by atoms with E-state index in [1.54, 1.807) is 18.2 Å². The number of esters is 1. The Hall–Kier alpha value is -1.55. The Bertz CT molecular complexity index is 349. The molecule has 4 nitrogen and oxygen atoms in total. The molecule has 1 aromatic carbocycles. The average Bonchev–Trinajstić information content (AvgIpc) is 2.30. The van der Waals surface area contributed by atoms with Gasteiger partial charge in [-0.3, -0.25) is 4.79 Å². The van der Waals surface area contributed by atoms with Gasteiger partial charge in [0.1, 0.15) is 5.75 Å². The van der Waals surface area contributed by atoms with Gasteiger partial charge >= 0.3 is 5.97 Å². The monoisotopic (exact) mass is 224 g/mol. The number of carbonyl (C=O) groups is 1. The molecule has 0 saturated carbocycles. The van der Waals surface area contributed by atoms with E-state index in [2.05, 4.69) is 4.74 Å². The highest BCUT2D eigenvalue weighted by Crippen LogP contribution is 2.27. The highest BCUT2D eigenvalue weighted by atomic mass is 16.5. The Morgan fingerprint density at radius 1 is 1.44 bits per heavy atom. The van der Waals surface area contributed by atoms with E-state index in [-0.39, 0.29) is 6.42 Å². The van der Waals surface area contributed by atoms with Gasteiger partial charge in [-0.2, -0.15) is 0 Å². The molecule has 4 heteroatoms. The minimum atomic E-state index is -0.893. The number of methoxy groups -OCH3 is 1. The summed E-state index contributed by atoms with van der Waals surface area (Å²) in [6.45, 7) is 2.38. The standard InChI is InChI=1S/C12H16O4/c1-3-16-11-7-5-4-6-9(11)10(13)8-12(14)15-2/h4-7,10,13H,3,8H2,1-2H3. The van der Waals surface area contributed by atoms with Gasteiger partial charge < -0.3 is 14.6 Å². The topological polar surface area (TPSA) is 55.8 Å². The van der Waals surface area contributed by atoms with Crippen LogP contribution in [0.2, 0.25) is 0 Å². The lowest BCUT2D eigenvalue weighted by Crippen LogP contribution is -2.09. The molecule has 0 heterocycles. The van der Waals surface area contributed by atoms with Crippen LogP contribution in [0.15, 0.2) is 24.3 Å². The normalized spacial score (nSPS) is 11.9. The number of rotatable bonds is 5. The largest absolute Gasteiger partial charge is 0.493 e. The van der Waals surface area contributed by atoms with Crippen LogP contribution < -0.4 is 4.74 Å². The molecular weight excluding hydrogens is 208 g/mol. The first kappa shape index (κ1) is 12.5. The molecule has 0 amide bonds. The second kappa shape index (κ2) is 6.12. The lowest BCUT2D eigenvalue weighted by Gasteiger charge is -2.14. The number of benzene rings is 1. The van der Waals surface area contributed by atoms with Gasteiger partial charge in [0, 0.05) is 5.56 Å². The second-order valence-corrected chi connectivity index (χ2v) is 3.27. The van der Waals surface area contributed by atoms with Gasteiger partial charge in [-0.1, -0.05) is 18.2 Å². The van der Waals surface area contributed by atoms with Crippen molar-refractivity contribution in [3.8, 4) is 5.75 Å². The Morgan fingerprint density at radius 3 is 2.75 bits per heavy atom. The van der Waals surface area contributed by atoms with Crippen LogP contribution in [0.5, 0.6) is 5.75 Å². The lowest BCUT2D eigenvalue weighted by atomic mass is 10.1. The highest BCUT2D eigenvalue weighted by Gasteiger charge is 2.16. The fourth-order valence-corrected chi connectivity index (χ4v) is 1.39. The fraction of sp³-hybridized carbons (Fsp3) is 0.417. The van der Waals surface area contributed by atoms with Crippen LogP contribution in [-0.4, -0.2) is 24.8 Å². The zero-order chi connectivity index (χ0) is 12.0. The zero-order valence-corrected chi connectivity index (χ0v) is 9.47. The molecule has 0 radical (unpaired) electrons. The average molecular weight is 224 g/mol. The van der Waals surface area contributed by atoms with Gasteiger partial charge in [-0.25, -0.2) is 0 Å². The van der Waals surface area contributed by atoms with Crippen molar-refractivity contribution in [2.45, 2.75) is 19.4 Å². The third-order valence-corrected chi connectivity index (χ3v) is 2.17. The van der Waals surface area contributed by atoms with E-state index in [4.69, 9.17) is 4.74 Å². The molecule has 1 atom stereocenters. The second-order valence-electron chi connectivity index (χ2n) is 3.27. The Kier molecular flexibility index (Phi) is 4.79. The molecule has 1 rings (SSSR count). The van der Waals surface area contributed by atoms with Crippen LogP contribution in [-0.2, 0) is 9.53 Å². The summed E-state index contributed by atoms with van der Waals surface area (Å²) in [6.07, 6.45) is -0.962. The Morgan fingerprint density at radius 2 is 2.12 bits per heavy atom. The predicted molar refractivity (Wildman–Crippen MR) is 59.2 cm³/mol. The first-order chi connectivity index (χ1) is 7.69. The van der Waals surface area contributed by atoms with Crippen molar-refractivity contribution in [1.82, 2.24) is 0 Å². The quantitative estimate of drug-likeness (QED) is 0.773. The minimum absolute atomic E-state index is 0.0689. The maximum Gasteiger partial charge on any atom is 0.308 e. The number of para-hydroxylation sites is 1. The van der Waals surface area contributed by atoms with Gasteiger partial charge in [0.2, 0.25) is 0 Å². The molecule has 1 unspecified atom stereocenters. The van der Waals surface area contributed by atoms with E-state index in [9.17, 15) is 9.90 Å². The maximum absolute atomic E-state index is 11.0. The van der Waals surface area contributed by atoms with Crippen LogP contribution in [0, 0.1) is 0 Å². The summed E-state index contributed by atoms with van der Waals surface area (Å²) in [5, 5.41) is 9.85. The molecule has 0 aliphatic carbocycles. The number of aliphatic hydroxyl groups excluding tert-OH is 1. The third kappa shape index (κ3) is 3.24. The lowest BCUT2D eigenvalue weighted by molar-refractivity contribution is -0.142. The first-order valence-corrected chi connectivity index (χ1v) is 5.15. The van der Waals surface area contributed by atoms with Crippen LogP contribution >= 0.6 is 0 Å². The zero-order valence-electron chi connectivity index (χ0n) is 9.47. The van der Waals surface area contributed by atoms with Crippen LogP contribution in [0.3, 0.4) is 0 Å². The van der Waals surface area contributed by atoms with Crippen LogP contribution in [0.25, 0.3) is 0 Å². The summed E-state index contributed by atoms with van der Waals surface area (Å²) in [6, 6.07) is 7.11. The Labute approximate surface area is 94.8 Å². The van der Waals surface area contributed by atoms with Crippen molar-refractivity contribution in [1.29, 1.82) is 0 Å². The number of carbonyl (C=O) groups excluding carboxylic acids is 1. The summed E-state index contributed by atoms with van der Waals surface area (Å²) >= 11 is 0. The SMILES string of the molecule is CCOc1ccccc1C(O)CC(=O)OC. The molecule has 0 spiro atoms. The predicted octanol–water partition coefficient (Wildman–Crippen LogP) is 1.68. The molecule has 0 bridgehead atoms. The number of aliphatic hydroxyl groups is 1. The molecule has 16 heavy (non-hydrogen) atoms. The van der Waals surface area contributed by atoms with Gasteiger partial charge in [0.05, 0.1) is 26.2 Å². The molecule has 0 fully saturated rings. The van der Waals surface area contributed by atoms with Crippen molar-refractivity contribution in [3.63, 3.8) is 0 Å². The smallest absolute Gasteiger partial charge is 0.308 e. The third-order valence-electron chi connectivity index (χ3n) is 2.17. The van der Waals surface area contributed by atoms with E-state index in [1.165, 1.54) is 7.11 Å². The van der Waals surface area contributed by atoms with E-state index in [1.807, 2.05) is 13.0 Å². The fourth-order valence-electron chi connectivity index (χ4n) is 1.39. The van der Waals surface area contributed by atoms with Crippen molar-refractivity contribution in [2.24, 2.45) is 0 Å². The van der Waals surface area contributed by atoms with E-state index >= 15 is 0 Å². The van der Waals surface area contributed by atoms with E-state index < -0.39 is 12.1 Å². The van der Waals surface area contributed by atoms with Gasteiger partial charge in [-0.05, 0) is 13.0 Å². The molecular formula is C12H16O4. The summed E-state index contributed by atoms with van der Waals surface area (Å²) in [7, 11) is 1.30. The van der Waals surface area contributed by atoms with Crippen molar-refractivity contribution in [3.05, 3.63) is 29.8 Å². The molecule has 88 valence electrons. The maximum atomic E-state index is 11.0. The minimum Gasteiger partial charge on any atom is -0.493 e. The van der Waals surface area contributed by atoms with E-state index in [0.717, 1.165) is 0 Å². The summed E-state index contributed by atoms with van der Waals surface area (Å²) in [5.41, 5.74) is 0.606. The van der Waals surface area contributed by atoms with Crippen molar-refractivity contribution in [2.75, 3.05) is 13.7 Å². The molecule has 0 aliphatic heterocycles. The van der Waals surface area contributed by atoms with Gasteiger partial charge in [0.25, 0.3) is 0 Å². The molecule has 0 aromatic heterocycles. The number of hydrogen-bond acceptors (Lipinski definition) is 4. The molecule has 1 aromatic rings. The summed E-state index contributed by atoms with van der Waals surface area (Å²) in [5.74, 6) is 0.153. The molecule has 0 aliphatic rings. The summed E-state index contributed by atoms with van der Waals surface area (Å²) in [4.78, 5) is 11.0. The summed E-state index contributed by atoms with van der Waals surface area (Å²) < 4.78 is 9.86. The molecule has 0 saturated heterocycles. The first-order valence-electron chi connectivity index (χ1n) is 5.15. The highest BCUT2D eigenvalue weighted by molar-refractivity contribution is 5.70. The van der Waals surface area contributed by atoms with Crippen LogP contribution in [0.1, 0.15) is 25.0 Å². The number of ether oxygens (including phenoxy) is 2. The van der Waals surface area contributed by atoms with Crippen molar-refractivity contribution >= 4 is 5.97 Å².